The van der Waals surface area contributed by atoms with Crippen molar-refractivity contribution in [1.82, 2.24) is 9.88 Å². The molecular formula is C19H25N5O. The molecule has 6 heteroatoms. The number of piperazine rings is 1. The topological polar surface area (TPSA) is 74.5 Å². The molecule has 0 unspecified atom stereocenters. The Labute approximate surface area is 148 Å². The second kappa shape index (κ2) is 8.60. The minimum Gasteiger partial charge on any atom is -0.354 e. The fourth-order valence-electron chi connectivity index (χ4n) is 2.98. The Morgan fingerprint density at radius 3 is 2.48 bits per heavy atom. The lowest BCUT2D eigenvalue weighted by Gasteiger charge is -2.35. The summed E-state index contributed by atoms with van der Waals surface area (Å²) in [6, 6.07) is 14.1. The summed E-state index contributed by atoms with van der Waals surface area (Å²) in [6.07, 6.45) is 2.19. The highest BCUT2D eigenvalue weighted by Gasteiger charge is 2.17. The smallest absolute Gasteiger partial charge is 0.225 e. The summed E-state index contributed by atoms with van der Waals surface area (Å²) < 4.78 is 0. The van der Waals surface area contributed by atoms with Crippen LogP contribution in [0, 0.1) is 0 Å². The van der Waals surface area contributed by atoms with E-state index in [1.54, 1.807) is 0 Å². The van der Waals surface area contributed by atoms with Gasteiger partial charge in [-0.2, -0.15) is 0 Å². The molecule has 1 fully saturated rings. The summed E-state index contributed by atoms with van der Waals surface area (Å²) in [6.45, 7) is 5.31. The second-order valence-electron chi connectivity index (χ2n) is 6.23. The highest BCUT2D eigenvalue weighted by Crippen LogP contribution is 2.16. The lowest BCUT2D eigenvalue weighted by atomic mass is 10.1. The molecule has 1 aromatic heterocycles. The number of carbonyl (C=O) groups excluding carboxylic acids is 1. The number of benzene rings is 1. The van der Waals surface area contributed by atoms with Crippen LogP contribution < -0.4 is 16.0 Å². The summed E-state index contributed by atoms with van der Waals surface area (Å²) in [4.78, 5) is 20.7. The van der Waals surface area contributed by atoms with Gasteiger partial charge in [0.15, 0.2) is 0 Å². The molecular weight excluding hydrogens is 314 g/mol. The van der Waals surface area contributed by atoms with E-state index in [4.69, 9.17) is 5.73 Å². The van der Waals surface area contributed by atoms with Gasteiger partial charge in [-0.05, 0) is 29.8 Å². The first kappa shape index (κ1) is 17.4. The number of hydrogen-bond acceptors (Lipinski definition) is 5. The van der Waals surface area contributed by atoms with Gasteiger partial charge < -0.3 is 16.0 Å². The van der Waals surface area contributed by atoms with Gasteiger partial charge in [-0.1, -0.05) is 18.2 Å². The lowest BCUT2D eigenvalue weighted by Crippen LogP contribution is -2.46. The van der Waals surface area contributed by atoms with Gasteiger partial charge in [0.05, 0.1) is 0 Å². The number of nitrogens with zero attached hydrogens (tertiary/aromatic N) is 3. The first-order valence-electron chi connectivity index (χ1n) is 8.72. The maximum Gasteiger partial charge on any atom is 0.225 e. The number of rotatable bonds is 6. The molecule has 6 nitrogen and oxygen atoms in total. The van der Waals surface area contributed by atoms with Gasteiger partial charge in [-0.3, -0.25) is 9.69 Å². The lowest BCUT2D eigenvalue weighted by molar-refractivity contribution is -0.116. The molecule has 1 aliphatic rings. The predicted molar refractivity (Wildman–Crippen MR) is 100 cm³/mol. The summed E-state index contributed by atoms with van der Waals surface area (Å²) in [5.74, 6) is 1.01. The van der Waals surface area contributed by atoms with Crippen LogP contribution in [0.2, 0.25) is 0 Å². The fraction of sp³-hybridized carbons (Fsp3) is 0.368. The summed E-state index contributed by atoms with van der Waals surface area (Å²) >= 11 is 0. The van der Waals surface area contributed by atoms with E-state index in [1.165, 1.54) is 5.56 Å². The van der Waals surface area contributed by atoms with Crippen molar-refractivity contribution in [1.29, 1.82) is 0 Å². The third kappa shape index (κ3) is 5.01. The molecule has 132 valence electrons. The highest BCUT2D eigenvalue weighted by atomic mass is 16.1. The van der Waals surface area contributed by atoms with E-state index in [1.807, 2.05) is 30.5 Å². The summed E-state index contributed by atoms with van der Waals surface area (Å²) in [5.41, 5.74) is 7.46. The Morgan fingerprint density at radius 2 is 1.84 bits per heavy atom. The average Bonchev–Trinajstić information content (AvgIpc) is 2.65. The molecule has 1 saturated heterocycles. The maximum absolute atomic E-state index is 11.6. The van der Waals surface area contributed by atoms with E-state index < -0.39 is 0 Å². The molecule has 1 amide bonds. The van der Waals surface area contributed by atoms with E-state index in [0.29, 0.717) is 13.0 Å². The second-order valence-corrected chi connectivity index (χ2v) is 6.23. The minimum atomic E-state index is -0.0408. The van der Waals surface area contributed by atoms with Crippen LogP contribution >= 0.6 is 0 Å². The first-order valence-corrected chi connectivity index (χ1v) is 8.72. The van der Waals surface area contributed by atoms with Crippen LogP contribution in [-0.4, -0.2) is 48.5 Å². The van der Waals surface area contributed by atoms with E-state index in [2.05, 4.69) is 38.3 Å². The zero-order valence-corrected chi connectivity index (χ0v) is 14.4. The van der Waals surface area contributed by atoms with Crippen LogP contribution in [0.25, 0.3) is 0 Å². The van der Waals surface area contributed by atoms with Crippen LogP contribution in [0.4, 0.5) is 11.5 Å². The molecule has 0 bridgehead atoms. The van der Waals surface area contributed by atoms with E-state index in [9.17, 15) is 4.79 Å². The number of amides is 1. The molecule has 0 atom stereocenters. The van der Waals surface area contributed by atoms with Crippen molar-refractivity contribution in [3.05, 3.63) is 54.2 Å². The molecule has 1 aliphatic heterocycles. The van der Waals surface area contributed by atoms with Gasteiger partial charge in [-0.25, -0.2) is 4.98 Å². The zero-order chi connectivity index (χ0) is 17.5. The van der Waals surface area contributed by atoms with Crippen molar-refractivity contribution in [2.75, 3.05) is 42.9 Å². The van der Waals surface area contributed by atoms with Gasteiger partial charge in [-0.15, -0.1) is 0 Å². The molecule has 1 aromatic carbocycles. The molecule has 2 heterocycles. The largest absolute Gasteiger partial charge is 0.354 e. The number of anilines is 2. The van der Waals surface area contributed by atoms with Gasteiger partial charge in [0.25, 0.3) is 0 Å². The fourth-order valence-corrected chi connectivity index (χ4v) is 2.98. The van der Waals surface area contributed by atoms with Crippen molar-refractivity contribution < 1.29 is 4.79 Å². The van der Waals surface area contributed by atoms with Gasteiger partial charge >= 0.3 is 0 Å². The molecule has 0 spiro atoms. The Kier molecular flexibility index (Phi) is 5.98. The number of pyridine rings is 1. The number of nitrogens with one attached hydrogen (secondary N) is 1. The Balaban J connectivity index is 1.48. The maximum atomic E-state index is 11.6. The van der Waals surface area contributed by atoms with Crippen molar-refractivity contribution in [3.63, 3.8) is 0 Å². The Bertz CT molecular complexity index is 666. The average molecular weight is 339 g/mol. The predicted octanol–water partition coefficient (Wildman–Crippen LogP) is 1.69. The summed E-state index contributed by atoms with van der Waals surface area (Å²) in [7, 11) is 0. The SMILES string of the molecule is NCCC(=O)Nc1ccc(CN2CCN(c3ccccn3)CC2)cc1. The van der Waals surface area contributed by atoms with Gasteiger partial charge in [0, 0.05) is 57.6 Å². The molecule has 0 saturated carbocycles. The number of hydrogen-bond donors (Lipinski definition) is 2. The quantitative estimate of drug-likeness (QED) is 0.838. The van der Waals surface area contributed by atoms with Crippen molar-refractivity contribution in [3.8, 4) is 0 Å². The van der Waals surface area contributed by atoms with Crippen LogP contribution in [-0.2, 0) is 11.3 Å². The van der Waals surface area contributed by atoms with Crippen LogP contribution in [0.3, 0.4) is 0 Å². The van der Waals surface area contributed by atoms with Crippen molar-refractivity contribution in [2.45, 2.75) is 13.0 Å². The highest BCUT2D eigenvalue weighted by molar-refractivity contribution is 5.90. The number of nitrogens with two attached hydrogens (primary N) is 1. The summed E-state index contributed by atoms with van der Waals surface area (Å²) in [5, 5.41) is 2.85. The minimum absolute atomic E-state index is 0.0408. The third-order valence-electron chi connectivity index (χ3n) is 4.36. The van der Waals surface area contributed by atoms with E-state index >= 15 is 0 Å². The molecule has 0 aliphatic carbocycles. The Hall–Kier alpha value is -2.44. The molecule has 3 rings (SSSR count). The Morgan fingerprint density at radius 1 is 1.08 bits per heavy atom. The van der Waals surface area contributed by atoms with E-state index in [0.717, 1.165) is 44.2 Å². The third-order valence-corrected chi connectivity index (χ3v) is 4.36. The molecule has 3 N–H and O–H groups in total. The number of aromatic nitrogens is 1. The van der Waals surface area contributed by atoms with Gasteiger partial charge in [0.1, 0.15) is 5.82 Å². The van der Waals surface area contributed by atoms with Crippen molar-refractivity contribution >= 4 is 17.4 Å². The number of carbonyl (C=O) groups is 1. The zero-order valence-electron chi connectivity index (χ0n) is 14.4. The van der Waals surface area contributed by atoms with Crippen LogP contribution in [0.15, 0.2) is 48.7 Å². The van der Waals surface area contributed by atoms with Crippen LogP contribution in [0.1, 0.15) is 12.0 Å². The molecule has 2 aromatic rings. The normalized spacial score (nSPS) is 15.2. The monoisotopic (exact) mass is 339 g/mol. The van der Waals surface area contributed by atoms with E-state index in [-0.39, 0.29) is 5.91 Å². The molecule has 25 heavy (non-hydrogen) atoms. The molecule has 0 radical (unpaired) electrons. The first-order chi connectivity index (χ1) is 12.2. The van der Waals surface area contributed by atoms with Crippen LogP contribution in [0.5, 0.6) is 0 Å². The van der Waals surface area contributed by atoms with Gasteiger partial charge in [0.2, 0.25) is 5.91 Å². The van der Waals surface area contributed by atoms with Crippen molar-refractivity contribution in [2.24, 2.45) is 5.73 Å². The standard InChI is InChI=1S/C19H25N5O/c20-9-8-19(25)22-17-6-4-16(5-7-17)15-23-11-13-24(14-12-23)18-3-1-2-10-21-18/h1-7,10H,8-9,11-15,20H2,(H,22,25).